The lowest BCUT2D eigenvalue weighted by Crippen LogP contribution is -2.39. The molecule has 6 heteroatoms. The molecule has 0 spiro atoms. The number of methoxy groups -OCH3 is 1. The van der Waals surface area contributed by atoms with Gasteiger partial charge in [0.05, 0.1) is 13.7 Å². The zero-order valence-electron chi connectivity index (χ0n) is 15.1. The lowest BCUT2D eigenvalue weighted by Gasteiger charge is -2.22. The zero-order valence-corrected chi connectivity index (χ0v) is 17.4. The second-order valence-corrected chi connectivity index (χ2v) is 6.22. The highest BCUT2D eigenvalue weighted by Crippen LogP contribution is 2.28. The van der Waals surface area contributed by atoms with Crippen LogP contribution in [0, 0.1) is 0 Å². The van der Waals surface area contributed by atoms with E-state index in [0.29, 0.717) is 5.92 Å². The summed E-state index contributed by atoms with van der Waals surface area (Å²) in [5.41, 5.74) is 2.62. The summed E-state index contributed by atoms with van der Waals surface area (Å²) in [6, 6.07) is 12.6. The lowest BCUT2D eigenvalue weighted by molar-refractivity contribution is 0.414. The molecular formula is C19H27IN4O. The number of ether oxygens (including phenoxy) is 1. The molecule has 0 aliphatic carbocycles. The molecule has 2 heterocycles. The van der Waals surface area contributed by atoms with Crippen LogP contribution >= 0.6 is 24.0 Å². The molecule has 5 nitrogen and oxygen atoms in total. The third-order valence-electron chi connectivity index (χ3n) is 4.77. The van der Waals surface area contributed by atoms with Gasteiger partial charge in [0.1, 0.15) is 5.75 Å². The molecule has 0 radical (unpaired) electrons. The van der Waals surface area contributed by atoms with Gasteiger partial charge >= 0.3 is 0 Å². The van der Waals surface area contributed by atoms with Gasteiger partial charge in [-0.3, -0.25) is 4.99 Å². The van der Waals surface area contributed by atoms with Gasteiger partial charge in [0.15, 0.2) is 5.96 Å². The first-order chi connectivity index (χ1) is 11.7. The third-order valence-corrected chi connectivity index (χ3v) is 4.77. The number of benzene rings is 1. The van der Waals surface area contributed by atoms with Crippen LogP contribution in [0.5, 0.6) is 5.75 Å². The molecule has 136 valence electrons. The number of likely N-dealkylation sites (tertiary alicyclic amines) is 1. The summed E-state index contributed by atoms with van der Waals surface area (Å²) in [5, 5.41) is 3.48. The summed E-state index contributed by atoms with van der Waals surface area (Å²) in [4.78, 5) is 6.80. The average molecular weight is 454 g/mol. The normalized spacial score (nSPS) is 17.3. The second-order valence-electron chi connectivity index (χ2n) is 6.22. The highest BCUT2D eigenvalue weighted by molar-refractivity contribution is 14.0. The van der Waals surface area contributed by atoms with Crippen molar-refractivity contribution in [1.29, 1.82) is 0 Å². The molecule has 0 amide bonds. The van der Waals surface area contributed by atoms with Crippen molar-refractivity contribution in [2.45, 2.75) is 18.9 Å². The Balaban J connectivity index is 0.00000225. The van der Waals surface area contributed by atoms with Gasteiger partial charge in [0.2, 0.25) is 0 Å². The summed E-state index contributed by atoms with van der Waals surface area (Å²) in [6.07, 6.45) is 3.21. The maximum Gasteiger partial charge on any atom is 0.193 e. The molecule has 25 heavy (non-hydrogen) atoms. The molecule has 1 atom stereocenters. The predicted molar refractivity (Wildman–Crippen MR) is 113 cm³/mol. The number of nitrogens with one attached hydrogen (secondary N) is 1. The fourth-order valence-corrected chi connectivity index (χ4v) is 3.28. The Hall–Kier alpha value is -1.70. The van der Waals surface area contributed by atoms with Crippen LogP contribution in [0.2, 0.25) is 0 Å². The molecule has 1 aromatic carbocycles. The molecule has 1 saturated heterocycles. The van der Waals surface area contributed by atoms with Crippen molar-refractivity contribution < 1.29 is 4.74 Å². The number of nitrogens with zero attached hydrogens (tertiary/aromatic N) is 3. The Morgan fingerprint density at radius 2 is 2.04 bits per heavy atom. The quantitative estimate of drug-likeness (QED) is 0.439. The van der Waals surface area contributed by atoms with E-state index >= 15 is 0 Å². The highest BCUT2D eigenvalue weighted by Gasteiger charge is 2.26. The van der Waals surface area contributed by atoms with E-state index in [-0.39, 0.29) is 24.0 Å². The van der Waals surface area contributed by atoms with Gasteiger partial charge in [-0.1, -0.05) is 12.1 Å². The number of aromatic nitrogens is 1. The Morgan fingerprint density at radius 3 is 2.64 bits per heavy atom. The predicted octanol–water partition coefficient (Wildman–Crippen LogP) is 3.22. The molecule has 1 aliphatic rings. The SMILES string of the molecule is CN=C(NCc1cccn1C)N1CCC(c2ccc(OC)cc2)C1.I. The first-order valence-electron chi connectivity index (χ1n) is 8.41. The molecule has 0 bridgehead atoms. The monoisotopic (exact) mass is 454 g/mol. The minimum absolute atomic E-state index is 0. The molecule has 1 fully saturated rings. The molecule has 1 unspecified atom stereocenters. The van der Waals surface area contributed by atoms with Crippen LogP contribution in [0.15, 0.2) is 47.6 Å². The van der Waals surface area contributed by atoms with Crippen molar-refractivity contribution in [3.8, 4) is 5.75 Å². The maximum absolute atomic E-state index is 5.24. The molecular weight excluding hydrogens is 427 g/mol. The van der Waals surface area contributed by atoms with Crippen LogP contribution in [0.4, 0.5) is 0 Å². The van der Waals surface area contributed by atoms with E-state index in [2.05, 4.69) is 57.3 Å². The van der Waals surface area contributed by atoms with E-state index in [1.807, 2.05) is 19.2 Å². The number of guanidine groups is 1. The van der Waals surface area contributed by atoms with E-state index in [9.17, 15) is 0 Å². The maximum atomic E-state index is 5.24. The van der Waals surface area contributed by atoms with Gasteiger partial charge in [-0.2, -0.15) is 0 Å². The van der Waals surface area contributed by atoms with Crippen molar-refractivity contribution in [2.24, 2.45) is 12.0 Å². The van der Waals surface area contributed by atoms with Gasteiger partial charge in [0.25, 0.3) is 0 Å². The van der Waals surface area contributed by atoms with Crippen molar-refractivity contribution >= 4 is 29.9 Å². The smallest absolute Gasteiger partial charge is 0.193 e. The Morgan fingerprint density at radius 1 is 1.28 bits per heavy atom. The van der Waals surface area contributed by atoms with E-state index < -0.39 is 0 Å². The largest absolute Gasteiger partial charge is 0.497 e. The summed E-state index contributed by atoms with van der Waals surface area (Å²) in [5.74, 6) is 2.44. The van der Waals surface area contributed by atoms with Crippen molar-refractivity contribution in [1.82, 2.24) is 14.8 Å². The highest BCUT2D eigenvalue weighted by atomic mass is 127. The number of aryl methyl sites for hydroxylation is 1. The summed E-state index contributed by atoms with van der Waals surface area (Å²) in [6.45, 7) is 2.82. The van der Waals surface area contributed by atoms with Crippen LogP contribution in [0.1, 0.15) is 23.6 Å². The molecule has 1 aromatic heterocycles. The van der Waals surface area contributed by atoms with Gasteiger partial charge in [-0.25, -0.2) is 0 Å². The standard InChI is InChI=1S/C19H26N4O.HI/c1-20-19(21-13-17-5-4-11-22(17)2)23-12-10-16(14-23)15-6-8-18(24-3)9-7-15;/h4-9,11,16H,10,12-14H2,1-3H3,(H,20,21);1H. The van der Waals surface area contributed by atoms with Gasteiger partial charge < -0.3 is 19.5 Å². The Kier molecular flexibility index (Phi) is 7.16. The molecule has 0 saturated carbocycles. The van der Waals surface area contributed by atoms with Crippen molar-refractivity contribution in [2.75, 3.05) is 27.2 Å². The second kappa shape index (κ2) is 9.12. The minimum atomic E-state index is 0. The summed E-state index contributed by atoms with van der Waals surface area (Å²) in [7, 11) is 5.62. The minimum Gasteiger partial charge on any atom is -0.497 e. The number of aliphatic imine (C=N–C) groups is 1. The number of rotatable bonds is 4. The fourth-order valence-electron chi connectivity index (χ4n) is 3.28. The molecule has 2 aromatic rings. The van der Waals surface area contributed by atoms with E-state index in [4.69, 9.17) is 4.74 Å². The first kappa shape index (κ1) is 19.6. The van der Waals surface area contributed by atoms with Crippen LogP contribution in [-0.2, 0) is 13.6 Å². The van der Waals surface area contributed by atoms with E-state index in [1.54, 1.807) is 7.11 Å². The molecule has 1 aliphatic heterocycles. The molecule has 3 rings (SSSR count). The van der Waals surface area contributed by atoms with Gasteiger partial charge in [0, 0.05) is 45.0 Å². The van der Waals surface area contributed by atoms with Gasteiger partial charge in [-0.15, -0.1) is 24.0 Å². The number of hydrogen-bond acceptors (Lipinski definition) is 2. The molecule has 1 N–H and O–H groups in total. The average Bonchev–Trinajstić information content (AvgIpc) is 3.25. The summed E-state index contributed by atoms with van der Waals surface area (Å²) < 4.78 is 7.37. The number of halogens is 1. The van der Waals surface area contributed by atoms with Crippen molar-refractivity contribution in [3.05, 3.63) is 53.9 Å². The number of hydrogen-bond donors (Lipinski definition) is 1. The van der Waals surface area contributed by atoms with Crippen LogP contribution in [-0.4, -0.2) is 42.7 Å². The van der Waals surface area contributed by atoms with Crippen LogP contribution in [0.3, 0.4) is 0 Å². The van der Waals surface area contributed by atoms with E-state index in [0.717, 1.165) is 37.8 Å². The van der Waals surface area contributed by atoms with Gasteiger partial charge in [-0.05, 0) is 36.2 Å². The Labute approximate surface area is 167 Å². The van der Waals surface area contributed by atoms with Crippen molar-refractivity contribution in [3.63, 3.8) is 0 Å². The third kappa shape index (κ3) is 4.68. The topological polar surface area (TPSA) is 41.8 Å². The van der Waals surface area contributed by atoms with E-state index in [1.165, 1.54) is 11.3 Å². The van der Waals surface area contributed by atoms with Crippen LogP contribution < -0.4 is 10.1 Å². The Bertz CT molecular complexity index is 696. The first-order valence-corrected chi connectivity index (χ1v) is 8.41. The summed E-state index contributed by atoms with van der Waals surface area (Å²) >= 11 is 0. The van der Waals surface area contributed by atoms with Crippen LogP contribution in [0.25, 0.3) is 0 Å². The lowest BCUT2D eigenvalue weighted by atomic mass is 9.98. The zero-order chi connectivity index (χ0) is 16.9. The fraction of sp³-hybridized carbons (Fsp3) is 0.421.